The number of rotatable bonds is 7. The van der Waals surface area contributed by atoms with Gasteiger partial charge in [-0.25, -0.2) is 0 Å². The molecule has 1 saturated carbocycles. The lowest BCUT2D eigenvalue weighted by Gasteiger charge is -2.12. The molecular formula is C30H28N2O. The average molecular weight is 433 g/mol. The Balaban J connectivity index is 1.18. The number of anilines is 1. The van der Waals surface area contributed by atoms with Gasteiger partial charge in [-0.2, -0.15) is 0 Å². The third-order valence-corrected chi connectivity index (χ3v) is 6.67. The zero-order valence-electron chi connectivity index (χ0n) is 18.6. The maximum atomic E-state index is 12.7. The van der Waals surface area contributed by atoms with Gasteiger partial charge in [0, 0.05) is 22.7 Å². The van der Waals surface area contributed by atoms with Crippen molar-refractivity contribution in [2.75, 3.05) is 5.32 Å². The van der Waals surface area contributed by atoms with Crippen LogP contribution >= 0.6 is 0 Å². The average Bonchev–Trinajstić information content (AvgIpc) is 3.56. The van der Waals surface area contributed by atoms with Crippen LogP contribution in [0.25, 0.3) is 11.1 Å². The summed E-state index contributed by atoms with van der Waals surface area (Å²) in [4.78, 5) is 12.7. The molecule has 1 aliphatic rings. The van der Waals surface area contributed by atoms with Crippen molar-refractivity contribution in [3.05, 3.63) is 126 Å². The monoisotopic (exact) mass is 432 g/mol. The van der Waals surface area contributed by atoms with Gasteiger partial charge >= 0.3 is 0 Å². The van der Waals surface area contributed by atoms with Gasteiger partial charge in [-0.05, 0) is 65.8 Å². The Hall–Kier alpha value is -3.69. The van der Waals surface area contributed by atoms with Crippen molar-refractivity contribution in [1.29, 1.82) is 0 Å². The van der Waals surface area contributed by atoms with Gasteiger partial charge in [-0.15, -0.1) is 0 Å². The van der Waals surface area contributed by atoms with E-state index in [0.717, 1.165) is 36.1 Å². The Bertz CT molecular complexity index is 1220. The molecule has 3 N–H and O–H groups in total. The van der Waals surface area contributed by atoms with E-state index in [1.165, 1.54) is 11.1 Å². The molecule has 4 aromatic carbocycles. The van der Waals surface area contributed by atoms with E-state index in [0.29, 0.717) is 11.5 Å². The summed E-state index contributed by atoms with van der Waals surface area (Å²) in [6.45, 7) is 0. The number of amides is 1. The number of nitrogens with two attached hydrogens (primary N) is 1. The lowest BCUT2D eigenvalue weighted by Crippen LogP contribution is -2.25. The summed E-state index contributed by atoms with van der Waals surface area (Å²) in [7, 11) is 0. The topological polar surface area (TPSA) is 55.1 Å². The van der Waals surface area contributed by atoms with E-state index in [-0.39, 0.29) is 11.4 Å². The highest BCUT2D eigenvalue weighted by Gasteiger charge is 2.50. The Labute approximate surface area is 195 Å². The zero-order valence-corrected chi connectivity index (χ0v) is 18.6. The molecule has 2 atom stereocenters. The molecule has 0 aromatic heterocycles. The third-order valence-electron chi connectivity index (χ3n) is 6.67. The molecule has 1 fully saturated rings. The van der Waals surface area contributed by atoms with Crippen LogP contribution in [0.2, 0.25) is 0 Å². The molecule has 0 saturated heterocycles. The number of hydrogen-bond donors (Lipinski definition) is 2. The Kier molecular flexibility index (Phi) is 5.80. The minimum atomic E-state index is -0.124. The van der Waals surface area contributed by atoms with E-state index in [1.807, 2.05) is 60.7 Å². The molecule has 33 heavy (non-hydrogen) atoms. The van der Waals surface area contributed by atoms with E-state index in [4.69, 9.17) is 5.73 Å². The largest absolute Gasteiger partial charge is 0.325 e. The van der Waals surface area contributed by atoms with Crippen LogP contribution in [0, 0.1) is 0 Å². The smallest absolute Gasteiger partial charge is 0.255 e. The standard InChI is InChI=1S/C30H28N2O/c31-30(20-19-22-7-3-1-4-8-22)21-28(30)25-15-17-27(18-16-25)32-29(33)26-13-11-24(12-14-26)23-9-5-2-6-10-23/h1-18,28H,19-21,31H2,(H,32,33)/t28-,30-/m0/s1. The fourth-order valence-corrected chi connectivity index (χ4v) is 4.52. The van der Waals surface area contributed by atoms with Gasteiger partial charge in [0.25, 0.3) is 5.91 Å². The van der Waals surface area contributed by atoms with Crippen LogP contribution in [0.1, 0.15) is 40.2 Å². The molecule has 0 radical (unpaired) electrons. The van der Waals surface area contributed by atoms with E-state index in [9.17, 15) is 4.79 Å². The van der Waals surface area contributed by atoms with Crippen molar-refractivity contribution in [3.63, 3.8) is 0 Å². The van der Waals surface area contributed by atoms with E-state index in [2.05, 4.69) is 53.8 Å². The molecule has 3 heteroatoms. The van der Waals surface area contributed by atoms with Crippen molar-refractivity contribution in [2.45, 2.75) is 30.7 Å². The number of benzene rings is 4. The summed E-state index contributed by atoms with van der Waals surface area (Å²) >= 11 is 0. The molecule has 0 bridgehead atoms. The van der Waals surface area contributed by atoms with Gasteiger partial charge in [-0.1, -0.05) is 84.9 Å². The predicted molar refractivity (Wildman–Crippen MR) is 135 cm³/mol. The van der Waals surface area contributed by atoms with Crippen molar-refractivity contribution in [3.8, 4) is 11.1 Å². The van der Waals surface area contributed by atoms with Gasteiger partial charge in [0.2, 0.25) is 0 Å². The van der Waals surface area contributed by atoms with Gasteiger partial charge in [0.05, 0.1) is 0 Å². The van der Waals surface area contributed by atoms with Crippen molar-refractivity contribution >= 4 is 11.6 Å². The third kappa shape index (κ3) is 4.89. The van der Waals surface area contributed by atoms with Gasteiger partial charge < -0.3 is 11.1 Å². The molecule has 164 valence electrons. The highest BCUT2D eigenvalue weighted by atomic mass is 16.1. The van der Waals surface area contributed by atoms with Crippen LogP contribution in [-0.2, 0) is 6.42 Å². The highest BCUT2D eigenvalue weighted by Crippen LogP contribution is 2.52. The molecule has 0 aliphatic heterocycles. The molecule has 0 unspecified atom stereocenters. The lowest BCUT2D eigenvalue weighted by molar-refractivity contribution is 0.102. The summed E-state index contributed by atoms with van der Waals surface area (Å²) in [6, 6.07) is 36.5. The summed E-state index contributed by atoms with van der Waals surface area (Å²) < 4.78 is 0. The number of nitrogens with one attached hydrogen (secondary N) is 1. The Morgan fingerprint density at radius 2 is 1.39 bits per heavy atom. The number of hydrogen-bond acceptors (Lipinski definition) is 2. The molecule has 0 spiro atoms. The van der Waals surface area contributed by atoms with E-state index < -0.39 is 0 Å². The molecule has 1 aliphatic carbocycles. The van der Waals surface area contributed by atoms with Crippen LogP contribution in [0.3, 0.4) is 0 Å². The molecular weight excluding hydrogens is 404 g/mol. The molecule has 3 nitrogen and oxygen atoms in total. The van der Waals surface area contributed by atoms with Crippen molar-refractivity contribution < 1.29 is 4.79 Å². The minimum absolute atomic E-state index is 0.107. The normalized spacial score (nSPS) is 19.1. The van der Waals surface area contributed by atoms with E-state index >= 15 is 0 Å². The van der Waals surface area contributed by atoms with Crippen molar-refractivity contribution in [1.82, 2.24) is 0 Å². The second-order valence-electron chi connectivity index (χ2n) is 8.99. The molecule has 4 aromatic rings. The second kappa shape index (κ2) is 9.05. The first-order valence-corrected chi connectivity index (χ1v) is 11.5. The van der Waals surface area contributed by atoms with Gasteiger partial charge in [-0.3, -0.25) is 4.79 Å². The summed E-state index contributed by atoms with van der Waals surface area (Å²) in [5.74, 6) is 0.279. The highest BCUT2D eigenvalue weighted by molar-refractivity contribution is 6.04. The SMILES string of the molecule is N[C@@]1(CCc2ccccc2)C[C@H]1c1ccc(NC(=O)c2ccc(-c3ccccc3)cc2)cc1. The molecule has 0 heterocycles. The molecule has 1 amide bonds. The quantitative estimate of drug-likeness (QED) is 0.354. The first-order valence-electron chi connectivity index (χ1n) is 11.5. The number of aryl methyl sites for hydroxylation is 1. The van der Waals surface area contributed by atoms with Crippen LogP contribution in [-0.4, -0.2) is 11.4 Å². The van der Waals surface area contributed by atoms with Gasteiger partial charge in [0.1, 0.15) is 0 Å². The van der Waals surface area contributed by atoms with Crippen LogP contribution in [0.4, 0.5) is 5.69 Å². The Morgan fingerprint density at radius 3 is 2.06 bits per heavy atom. The maximum absolute atomic E-state index is 12.7. The van der Waals surface area contributed by atoms with Gasteiger partial charge in [0.15, 0.2) is 0 Å². The number of carbonyl (C=O) groups excluding carboxylic acids is 1. The van der Waals surface area contributed by atoms with Crippen LogP contribution < -0.4 is 11.1 Å². The first-order chi connectivity index (χ1) is 16.1. The predicted octanol–water partition coefficient (Wildman–Crippen LogP) is 6.42. The second-order valence-corrected chi connectivity index (χ2v) is 8.99. The van der Waals surface area contributed by atoms with E-state index in [1.54, 1.807) is 0 Å². The summed E-state index contributed by atoms with van der Waals surface area (Å²) in [5.41, 5.74) is 12.8. The maximum Gasteiger partial charge on any atom is 0.255 e. The first kappa shape index (κ1) is 21.2. The fourth-order valence-electron chi connectivity index (χ4n) is 4.52. The zero-order chi connectivity index (χ0) is 22.7. The van der Waals surface area contributed by atoms with Crippen molar-refractivity contribution in [2.24, 2.45) is 5.73 Å². The Morgan fingerprint density at radius 1 is 0.788 bits per heavy atom. The fraction of sp³-hybridized carbons (Fsp3) is 0.167. The van der Waals surface area contributed by atoms with Crippen LogP contribution in [0.5, 0.6) is 0 Å². The molecule has 5 rings (SSSR count). The van der Waals surface area contributed by atoms with Crippen LogP contribution in [0.15, 0.2) is 109 Å². The minimum Gasteiger partial charge on any atom is -0.325 e. The summed E-state index contributed by atoms with van der Waals surface area (Å²) in [6.07, 6.45) is 3.00. The number of carbonyl (C=O) groups is 1. The lowest BCUT2D eigenvalue weighted by atomic mass is 9.99. The summed E-state index contributed by atoms with van der Waals surface area (Å²) in [5, 5.41) is 3.00.